The van der Waals surface area contributed by atoms with Gasteiger partial charge in [-0.1, -0.05) is 5.16 Å². The van der Waals surface area contributed by atoms with Gasteiger partial charge >= 0.3 is 0 Å². The highest BCUT2D eigenvalue weighted by Gasteiger charge is 2.22. The molecular formula is C15H16FN5O. The largest absolute Gasteiger partial charge is 0.409 e. The fourth-order valence-electron chi connectivity index (χ4n) is 2.52. The van der Waals surface area contributed by atoms with Crippen molar-refractivity contribution in [3.05, 3.63) is 54.4 Å². The standard InChI is InChI=1S/C15H16FN5O/c16-12-1-3-13(4-2-12)20-7-9-21(10-8-20)15(19-22)14-11-17-5-6-18-14/h1-6,11,22H,7-10H2/b19-15-. The predicted octanol–water partition coefficient (Wildman–Crippen LogP) is 1.57. The van der Waals surface area contributed by atoms with Crippen molar-refractivity contribution in [1.82, 2.24) is 14.9 Å². The van der Waals surface area contributed by atoms with Crippen molar-refractivity contribution in [3.8, 4) is 0 Å². The molecule has 0 radical (unpaired) electrons. The van der Waals surface area contributed by atoms with Gasteiger partial charge in [-0.25, -0.2) is 9.37 Å². The Balaban J connectivity index is 1.67. The van der Waals surface area contributed by atoms with E-state index in [1.165, 1.54) is 12.1 Å². The number of anilines is 1. The van der Waals surface area contributed by atoms with Crippen LogP contribution in [-0.4, -0.2) is 52.1 Å². The maximum atomic E-state index is 13.0. The number of amidine groups is 1. The molecule has 1 aromatic carbocycles. The van der Waals surface area contributed by atoms with Gasteiger partial charge in [0, 0.05) is 44.3 Å². The molecule has 7 heteroatoms. The number of hydrogen-bond acceptors (Lipinski definition) is 5. The van der Waals surface area contributed by atoms with E-state index in [4.69, 9.17) is 0 Å². The number of piperazine rings is 1. The van der Waals surface area contributed by atoms with Gasteiger partial charge in [0.25, 0.3) is 0 Å². The molecule has 0 amide bonds. The van der Waals surface area contributed by atoms with E-state index in [0.29, 0.717) is 24.6 Å². The molecule has 114 valence electrons. The molecule has 0 unspecified atom stereocenters. The monoisotopic (exact) mass is 301 g/mol. The van der Waals surface area contributed by atoms with Gasteiger partial charge in [-0.15, -0.1) is 0 Å². The van der Waals surface area contributed by atoms with Crippen LogP contribution in [0.3, 0.4) is 0 Å². The van der Waals surface area contributed by atoms with Gasteiger partial charge in [0.05, 0.1) is 6.20 Å². The lowest BCUT2D eigenvalue weighted by Gasteiger charge is -2.37. The smallest absolute Gasteiger partial charge is 0.195 e. The summed E-state index contributed by atoms with van der Waals surface area (Å²) in [7, 11) is 0. The average Bonchev–Trinajstić information content (AvgIpc) is 2.58. The molecule has 0 spiro atoms. The molecule has 1 fully saturated rings. The molecule has 1 N–H and O–H groups in total. The molecular weight excluding hydrogens is 285 g/mol. The number of aromatic nitrogens is 2. The quantitative estimate of drug-likeness (QED) is 0.395. The zero-order valence-corrected chi connectivity index (χ0v) is 11.9. The van der Waals surface area contributed by atoms with E-state index in [-0.39, 0.29) is 5.82 Å². The van der Waals surface area contributed by atoms with E-state index in [9.17, 15) is 9.60 Å². The highest BCUT2D eigenvalue weighted by atomic mass is 19.1. The Morgan fingerprint density at radius 3 is 2.41 bits per heavy atom. The minimum atomic E-state index is -0.236. The van der Waals surface area contributed by atoms with Gasteiger partial charge in [-0.05, 0) is 24.3 Å². The first-order valence-corrected chi connectivity index (χ1v) is 7.02. The summed E-state index contributed by atoms with van der Waals surface area (Å²) in [6.07, 6.45) is 4.71. The van der Waals surface area contributed by atoms with E-state index in [0.717, 1.165) is 18.8 Å². The van der Waals surface area contributed by atoms with Crippen molar-refractivity contribution < 1.29 is 9.60 Å². The molecule has 6 nitrogen and oxygen atoms in total. The fourth-order valence-corrected chi connectivity index (χ4v) is 2.52. The lowest BCUT2D eigenvalue weighted by molar-refractivity contribution is 0.295. The first-order valence-electron chi connectivity index (χ1n) is 7.02. The Kier molecular flexibility index (Phi) is 4.13. The van der Waals surface area contributed by atoms with Gasteiger partial charge in [0.15, 0.2) is 5.84 Å². The number of rotatable bonds is 2. The molecule has 1 aliphatic heterocycles. The van der Waals surface area contributed by atoms with E-state index in [1.807, 2.05) is 4.90 Å². The Bertz CT molecular complexity index is 639. The highest BCUT2D eigenvalue weighted by molar-refractivity contribution is 5.96. The molecule has 0 bridgehead atoms. The molecule has 0 atom stereocenters. The first-order chi connectivity index (χ1) is 10.8. The second kappa shape index (κ2) is 6.38. The number of halogens is 1. The number of hydrogen-bond donors (Lipinski definition) is 1. The molecule has 2 heterocycles. The summed E-state index contributed by atoms with van der Waals surface area (Å²) in [5, 5.41) is 12.6. The lowest BCUT2D eigenvalue weighted by Crippen LogP contribution is -2.49. The van der Waals surface area contributed by atoms with Gasteiger partial charge in [0.1, 0.15) is 11.5 Å². The maximum Gasteiger partial charge on any atom is 0.195 e. The summed E-state index contributed by atoms with van der Waals surface area (Å²) < 4.78 is 13.0. The van der Waals surface area contributed by atoms with Crippen LogP contribution < -0.4 is 4.90 Å². The number of benzene rings is 1. The van der Waals surface area contributed by atoms with Crippen molar-refractivity contribution >= 4 is 11.5 Å². The molecule has 1 aromatic heterocycles. The van der Waals surface area contributed by atoms with Crippen LogP contribution in [0.25, 0.3) is 0 Å². The van der Waals surface area contributed by atoms with Crippen molar-refractivity contribution in [2.75, 3.05) is 31.1 Å². The van der Waals surface area contributed by atoms with Crippen LogP contribution in [0.5, 0.6) is 0 Å². The molecule has 0 saturated carbocycles. The Morgan fingerprint density at radius 2 is 1.82 bits per heavy atom. The van der Waals surface area contributed by atoms with Crippen LogP contribution in [0.15, 0.2) is 48.0 Å². The lowest BCUT2D eigenvalue weighted by atomic mass is 10.2. The zero-order valence-electron chi connectivity index (χ0n) is 11.9. The van der Waals surface area contributed by atoms with E-state index in [2.05, 4.69) is 20.0 Å². The van der Waals surface area contributed by atoms with Crippen LogP contribution >= 0.6 is 0 Å². The highest BCUT2D eigenvalue weighted by Crippen LogP contribution is 2.17. The summed E-state index contributed by atoms with van der Waals surface area (Å²) >= 11 is 0. The van der Waals surface area contributed by atoms with Crippen LogP contribution in [0.4, 0.5) is 10.1 Å². The van der Waals surface area contributed by atoms with Crippen LogP contribution in [-0.2, 0) is 0 Å². The van der Waals surface area contributed by atoms with Crippen molar-refractivity contribution in [2.24, 2.45) is 5.16 Å². The van der Waals surface area contributed by atoms with Crippen LogP contribution in [0, 0.1) is 5.82 Å². The second-order valence-electron chi connectivity index (χ2n) is 4.96. The van der Waals surface area contributed by atoms with Crippen molar-refractivity contribution in [2.45, 2.75) is 0 Å². The van der Waals surface area contributed by atoms with Gasteiger partial charge in [-0.3, -0.25) is 4.98 Å². The van der Waals surface area contributed by atoms with Crippen LogP contribution in [0.2, 0.25) is 0 Å². The average molecular weight is 301 g/mol. The first kappa shape index (κ1) is 14.2. The molecule has 0 aliphatic carbocycles. The number of nitrogens with zero attached hydrogens (tertiary/aromatic N) is 5. The number of oxime groups is 1. The van der Waals surface area contributed by atoms with Crippen molar-refractivity contribution in [3.63, 3.8) is 0 Å². The van der Waals surface area contributed by atoms with E-state index in [1.54, 1.807) is 30.7 Å². The molecule has 3 rings (SSSR count). The van der Waals surface area contributed by atoms with E-state index < -0.39 is 0 Å². The van der Waals surface area contributed by atoms with E-state index >= 15 is 0 Å². The zero-order chi connectivity index (χ0) is 15.4. The predicted molar refractivity (Wildman–Crippen MR) is 80.5 cm³/mol. The second-order valence-corrected chi connectivity index (χ2v) is 4.96. The van der Waals surface area contributed by atoms with Crippen molar-refractivity contribution in [1.29, 1.82) is 0 Å². The summed E-state index contributed by atoms with van der Waals surface area (Å²) in [6, 6.07) is 6.47. The maximum absolute atomic E-state index is 13.0. The molecule has 1 aliphatic rings. The SMILES string of the molecule is O/N=C(/c1cnccn1)N1CCN(c2ccc(F)cc2)CC1. The van der Waals surface area contributed by atoms with Gasteiger partial charge < -0.3 is 15.0 Å². The fraction of sp³-hybridized carbons (Fsp3) is 0.267. The third kappa shape index (κ3) is 2.98. The Morgan fingerprint density at radius 1 is 1.09 bits per heavy atom. The minimum absolute atomic E-state index is 0.236. The summed E-state index contributed by atoms with van der Waals surface area (Å²) in [5.41, 5.74) is 1.53. The van der Waals surface area contributed by atoms with Gasteiger partial charge in [-0.2, -0.15) is 0 Å². The summed E-state index contributed by atoms with van der Waals surface area (Å²) in [5.74, 6) is 0.187. The Labute approximate surface area is 127 Å². The molecule has 22 heavy (non-hydrogen) atoms. The minimum Gasteiger partial charge on any atom is -0.409 e. The van der Waals surface area contributed by atoms with Gasteiger partial charge in [0.2, 0.25) is 0 Å². The molecule has 1 saturated heterocycles. The normalized spacial score (nSPS) is 16.0. The topological polar surface area (TPSA) is 64.9 Å². The summed E-state index contributed by atoms with van der Waals surface area (Å²) in [4.78, 5) is 12.3. The third-order valence-corrected chi connectivity index (χ3v) is 3.66. The third-order valence-electron chi connectivity index (χ3n) is 3.66. The Hall–Kier alpha value is -2.70. The van der Waals surface area contributed by atoms with Crippen LogP contribution in [0.1, 0.15) is 5.69 Å². The molecule has 2 aromatic rings. The summed E-state index contributed by atoms with van der Waals surface area (Å²) in [6.45, 7) is 2.89.